The minimum absolute atomic E-state index is 0. The Morgan fingerprint density at radius 3 is 2.58 bits per heavy atom. The van der Waals surface area contributed by atoms with Gasteiger partial charge < -0.3 is 20.1 Å². The van der Waals surface area contributed by atoms with Crippen molar-refractivity contribution in [3.05, 3.63) is 65.5 Å². The lowest BCUT2D eigenvalue weighted by molar-refractivity contribution is 0.0513. The van der Waals surface area contributed by atoms with Gasteiger partial charge in [0.25, 0.3) is 0 Å². The van der Waals surface area contributed by atoms with Crippen LogP contribution in [0.2, 0.25) is 0 Å². The Kier molecular flexibility index (Phi) is 10.5. The molecule has 0 radical (unpaired) electrons. The zero-order valence-electron chi connectivity index (χ0n) is 18.3. The molecular weight excluding hydrogens is 508 g/mol. The molecule has 2 N–H and O–H groups in total. The van der Waals surface area contributed by atoms with E-state index in [1.165, 1.54) is 6.07 Å². The van der Waals surface area contributed by atoms with Gasteiger partial charge >= 0.3 is 0 Å². The predicted molar refractivity (Wildman–Crippen MR) is 134 cm³/mol. The molecule has 5 nitrogen and oxygen atoms in total. The minimum Gasteiger partial charge on any atom is -0.494 e. The van der Waals surface area contributed by atoms with Crippen LogP contribution in [0.4, 0.5) is 4.39 Å². The molecule has 0 amide bonds. The maximum Gasteiger partial charge on any atom is 0.191 e. The molecule has 2 aromatic carbocycles. The van der Waals surface area contributed by atoms with Crippen LogP contribution >= 0.6 is 24.0 Å². The van der Waals surface area contributed by atoms with E-state index in [4.69, 9.17) is 14.5 Å². The van der Waals surface area contributed by atoms with E-state index in [1.54, 1.807) is 12.1 Å². The number of para-hydroxylation sites is 1. The van der Waals surface area contributed by atoms with E-state index in [2.05, 4.69) is 10.6 Å². The van der Waals surface area contributed by atoms with Crippen molar-refractivity contribution in [2.45, 2.75) is 38.6 Å². The van der Waals surface area contributed by atoms with E-state index >= 15 is 0 Å². The third-order valence-corrected chi connectivity index (χ3v) is 5.51. The quantitative estimate of drug-likeness (QED) is 0.291. The molecule has 1 saturated heterocycles. The van der Waals surface area contributed by atoms with Gasteiger partial charge in [0.1, 0.15) is 11.6 Å². The summed E-state index contributed by atoms with van der Waals surface area (Å²) in [5, 5.41) is 6.81. The Morgan fingerprint density at radius 1 is 1.10 bits per heavy atom. The molecule has 1 aliphatic rings. The van der Waals surface area contributed by atoms with E-state index in [1.807, 2.05) is 44.2 Å². The first-order chi connectivity index (χ1) is 14.7. The maximum atomic E-state index is 13.9. The SMILES string of the molecule is CCNC(=NCc1ccccc1OCC)NCC1(c2cccc(F)c2)CCOCC1.I. The van der Waals surface area contributed by atoms with Crippen molar-refractivity contribution in [1.29, 1.82) is 0 Å². The number of rotatable bonds is 8. The van der Waals surface area contributed by atoms with Gasteiger partial charge in [0.05, 0.1) is 13.2 Å². The number of nitrogens with one attached hydrogen (secondary N) is 2. The molecule has 0 bridgehead atoms. The summed E-state index contributed by atoms with van der Waals surface area (Å²) in [6.45, 7) is 7.93. The molecule has 2 aromatic rings. The fraction of sp³-hybridized carbons (Fsp3) is 0.458. The lowest BCUT2D eigenvalue weighted by Crippen LogP contribution is -2.48. The summed E-state index contributed by atoms with van der Waals surface area (Å²) < 4.78 is 25.2. The van der Waals surface area contributed by atoms with Crippen molar-refractivity contribution in [2.75, 3.05) is 32.9 Å². The maximum absolute atomic E-state index is 13.9. The van der Waals surface area contributed by atoms with Crippen LogP contribution < -0.4 is 15.4 Å². The van der Waals surface area contributed by atoms with Crippen molar-refractivity contribution in [3.63, 3.8) is 0 Å². The second kappa shape index (κ2) is 12.9. The third kappa shape index (κ3) is 7.07. The number of hydrogen-bond donors (Lipinski definition) is 2. The number of nitrogens with zero attached hydrogens (tertiary/aromatic N) is 1. The molecule has 1 heterocycles. The number of guanidine groups is 1. The van der Waals surface area contributed by atoms with Crippen molar-refractivity contribution in [3.8, 4) is 5.75 Å². The number of benzene rings is 2. The smallest absolute Gasteiger partial charge is 0.191 e. The Balaban J connectivity index is 0.00000341. The van der Waals surface area contributed by atoms with Crippen molar-refractivity contribution < 1.29 is 13.9 Å². The van der Waals surface area contributed by atoms with Crippen LogP contribution in [-0.4, -0.2) is 38.9 Å². The summed E-state index contributed by atoms with van der Waals surface area (Å²) in [4.78, 5) is 4.76. The standard InChI is InChI=1S/C24H32FN3O2.HI/c1-3-26-23(27-17-19-8-5-6-11-22(19)30-4-2)28-18-24(12-14-29-15-13-24)20-9-7-10-21(25)16-20;/h5-11,16H,3-4,12-15,17-18H2,1-2H3,(H2,26,27,28);1H. The zero-order chi connectivity index (χ0) is 21.2. The van der Waals surface area contributed by atoms with E-state index in [0.717, 1.165) is 42.2 Å². The average Bonchev–Trinajstić information content (AvgIpc) is 2.77. The highest BCUT2D eigenvalue weighted by atomic mass is 127. The topological polar surface area (TPSA) is 54.9 Å². The summed E-state index contributed by atoms with van der Waals surface area (Å²) in [6.07, 6.45) is 1.69. The van der Waals surface area contributed by atoms with Gasteiger partial charge in [0.2, 0.25) is 0 Å². The second-order valence-corrected chi connectivity index (χ2v) is 7.49. The average molecular weight is 541 g/mol. The van der Waals surface area contributed by atoms with Crippen LogP contribution in [0.1, 0.15) is 37.8 Å². The second-order valence-electron chi connectivity index (χ2n) is 7.49. The van der Waals surface area contributed by atoms with Gasteiger partial charge in [-0.25, -0.2) is 9.38 Å². The van der Waals surface area contributed by atoms with E-state index in [9.17, 15) is 4.39 Å². The Bertz CT molecular complexity index is 841. The molecule has 0 spiro atoms. The van der Waals surface area contributed by atoms with Crippen LogP contribution in [0.15, 0.2) is 53.5 Å². The molecule has 1 aliphatic heterocycles. The van der Waals surface area contributed by atoms with Crippen LogP contribution in [0, 0.1) is 5.82 Å². The Hall–Kier alpha value is -1.87. The van der Waals surface area contributed by atoms with Crippen molar-refractivity contribution in [2.24, 2.45) is 4.99 Å². The van der Waals surface area contributed by atoms with Crippen LogP contribution in [0.5, 0.6) is 5.75 Å². The molecule has 0 aromatic heterocycles. The predicted octanol–water partition coefficient (Wildman–Crippen LogP) is 4.65. The highest BCUT2D eigenvalue weighted by Gasteiger charge is 2.35. The summed E-state index contributed by atoms with van der Waals surface area (Å²) in [5.41, 5.74) is 1.87. The highest BCUT2D eigenvalue weighted by molar-refractivity contribution is 14.0. The lowest BCUT2D eigenvalue weighted by Gasteiger charge is -2.38. The molecule has 0 atom stereocenters. The molecule has 0 aliphatic carbocycles. The van der Waals surface area contributed by atoms with Crippen LogP contribution in [-0.2, 0) is 16.7 Å². The molecular formula is C24H33FIN3O2. The first-order valence-corrected chi connectivity index (χ1v) is 10.7. The molecule has 1 fully saturated rings. The fourth-order valence-corrected chi connectivity index (χ4v) is 3.84. The van der Waals surface area contributed by atoms with Crippen molar-refractivity contribution in [1.82, 2.24) is 10.6 Å². The third-order valence-electron chi connectivity index (χ3n) is 5.51. The van der Waals surface area contributed by atoms with Gasteiger partial charge in [0.15, 0.2) is 5.96 Å². The van der Waals surface area contributed by atoms with Crippen LogP contribution in [0.25, 0.3) is 0 Å². The van der Waals surface area contributed by atoms with Crippen LogP contribution in [0.3, 0.4) is 0 Å². The van der Waals surface area contributed by atoms with Gasteiger partial charge in [-0.1, -0.05) is 30.3 Å². The van der Waals surface area contributed by atoms with Gasteiger partial charge in [-0.05, 0) is 50.5 Å². The van der Waals surface area contributed by atoms with E-state index in [-0.39, 0.29) is 35.2 Å². The summed E-state index contributed by atoms with van der Waals surface area (Å²) >= 11 is 0. The largest absolute Gasteiger partial charge is 0.494 e. The molecule has 7 heteroatoms. The monoisotopic (exact) mass is 541 g/mol. The summed E-state index contributed by atoms with van der Waals surface area (Å²) in [5.74, 6) is 1.40. The molecule has 0 saturated carbocycles. The first-order valence-electron chi connectivity index (χ1n) is 10.7. The molecule has 31 heavy (non-hydrogen) atoms. The minimum atomic E-state index is -0.202. The van der Waals surface area contributed by atoms with Gasteiger partial charge in [-0.3, -0.25) is 0 Å². The zero-order valence-corrected chi connectivity index (χ0v) is 20.7. The summed E-state index contributed by atoms with van der Waals surface area (Å²) in [7, 11) is 0. The molecule has 170 valence electrons. The molecule has 0 unspecified atom stereocenters. The number of halogens is 2. The fourth-order valence-electron chi connectivity index (χ4n) is 3.84. The van der Waals surface area contributed by atoms with E-state index in [0.29, 0.717) is 32.9 Å². The van der Waals surface area contributed by atoms with Crippen molar-refractivity contribution >= 4 is 29.9 Å². The summed E-state index contributed by atoms with van der Waals surface area (Å²) in [6, 6.07) is 14.9. The lowest BCUT2D eigenvalue weighted by atomic mass is 9.74. The van der Waals surface area contributed by atoms with Gasteiger partial charge in [-0.2, -0.15) is 0 Å². The Labute approximate surface area is 201 Å². The molecule has 3 rings (SSSR count). The van der Waals surface area contributed by atoms with Gasteiger partial charge in [0, 0.05) is 37.3 Å². The normalized spacial score (nSPS) is 15.6. The first kappa shape index (κ1) is 25.4. The highest BCUT2D eigenvalue weighted by Crippen LogP contribution is 2.34. The number of ether oxygens (including phenoxy) is 2. The number of hydrogen-bond acceptors (Lipinski definition) is 3. The van der Waals surface area contributed by atoms with Gasteiger partial charge in [-0.15, -0.1) is 24.0 Å². The van der Waals surface area contributed by atoms with E-state index < -0.39 is 0 Å². The number of aliphatic imine (C=N–C) groups is 1. The Morgan fingerprint density at radius 2 is 1.87 bits per heavy atom.